The Kier molecular flexibility index (Phi) is 36.4. The third-order valence-corrected chi connectivity index (χ3v) is 18.1. The van der Waals surface area contributed by atoms with E-state index in [1.165, 1.54) is 29.2 Å². The van der Waals surface area contributed by atoms with Crippen LogP contribution in [0.4, 0.5) is 0 Å². The van der Waals surface area contributed by atoms with E-state index in [2.05, 4.69) is 42.2 Å². The van der Waals surface area contributed by atoms with E-state index in [-0.39, 0.29) is 127 Å². The predicted molar refractivity (Wildman–Crippen MR) is 361 cm³/mol. The number of nitrogens with zero attached hydrogens (tertiary/aromatic N) is 2. The molecule has 13 atom stereocenters. The highest BCUT2D eigenvalue weighted by atomic mass is 33.1. The van der Waals surface area contributed by atoms with Crippen molar-refractivity contribution in [2.75, 3.05) is 84.0 Å². The first-order chi connectivity index (χ1) is 48.2. The Morgan fingerprint density at radius 1 is 0.653 bits per heavy atom. The van der Waals surface area contributed by atoms with Crippen LogP contribution >= 0.6 is 21.6 Å². The second kappa shape index (κ2) is 44.1. The van der Waals surface area contributed by atoms with Crippen LogP contribution in [-0.4, -0.2) is 265 Å². The van der Waals surface area contributed by atoms with Gasteiger partial charge in [0.25, 0.3) is 0 Å². The first kappa shape index (κ1) is 83.3. The van der Waals surface area contributed by atoms with Crippen molar-refractivity contribution in [1.29, 1.82) is 0 Å². The number of hydrogen-bond acceptors (Lipinski definition) is 26. The van der Waals surface area contributed by atoms with Crippen LogP contribution in [0.15, 0.2) is 59.6 Å². The molecule has 11 amide bonds. The summed E-state index contributed by atoms with van der Waals surface area (Å²) in [5.41, 5.74) is 34.6. The van der Waals surface area contributed by atoms with Crippen LogP contribution < -0.4 is 76.4 Å². The molecule has 23 N–H and O–H groups in total. The molecular formula is C62H93N15O22S2. The number of hydrogen-bond donors (Lipinski definition) is 17. The van der Waals surface area contributed by atoms with Crippen molar-refractivity contribution in [3.8, 4) is 5.75 Å². The van der Waals surface area contributed by atoms with Crippen LogP contribution in [0.5, 0.6) is 5.75 Å². The molecule has 0 aliphatic carbocycles. The number of aliphatic hydroxyl groups excluding tert-OH is 4. The Morgan fingerprint density at radius 2 is 1.24 bits per heavy atom. The molecule has 3 fully saturated rings. The Labute approximate surface area is 589 Å². The van der Waals surface area contributed by atoms with Gasteiger partial charge in [0.2, 0.25) is 65.0 Å². The first-order valence-electron chi connectivity index (χ1n) is 32.5. The number of rotatable bonds is 35. The quantitative estimate of drug-likeness (QED) is 0.00761. The number of carbonyl (C=O) groups is 12. The first-order valence-corrected chi connectivity index (χ1v) is 35.0. The maximum absolute atomic E-state index is 14.8. The molecule has 0 aromatic heterocycles. The van der Waals surface area contributed by atoms with Gasteiger partial charge in [0.1, 0.15) is 72.5 Å². The summed E-state index contributed by atoms with van der Waals surface area (Å²) in [6.45, 7) is -0.00999. The number of esters is 1. The molecule has 101 heavy (non-hydrogen) atoms. The Balaban J connectivity index is 1.28. The molecule has 3 heterocycles. The van der Waals surface area contributed by atoms with E-state index in [1.54, 1.807) is 30.3 Å². The molecule has 5 rings (SSSR count). The predicted octanol–water partition coefficient (Wildman–Crippen LogP) is -7.56. The second-order valence-electron chi connectivity index (χ2n) is 23.6. The minimum absolute atomic E-state index is 0.0222. The summed E-state index contributed by atoms with van der Waals surface area (Å²) in [7, 11) is 1.93. The van der Waals surface area contributed by atoms with E-state index in [1.807, 2.05) is 0 Å². The van der Waals surface area contributed by atoms with Crippen LogP contribution in [0, 0.1) is 0 Å². The van der Waals surface area contributed by atoms with Gasteiger partial charge >= 0.3 is 5.97 Å². The van der Waals surface area contributed by atoms with Gasteiger partial charge in [0.15, 0.2) is 12.2 Å². The lowest BCUT2D eigenvalue weighted by atomic mass is 9.99. The van der Waals surface area contributed by atoms with Gasteiger partial charge in [0, 0.05) is 56.9 Å². The number of carbonyl (C=O) groups excluding carboxylic acids is 12. The minimum atomic E-state index is -1.84. The monoisotopic (exact) mass is 1460 g/mol. The standard InChI is InChI=1S/C62H93N15O22S2/c63-37-32-100-101-33-43(60(93)77-19-5-10-44(77)59(92)72-38(9-4-18-69-62(67)68)54(87)70-30-48(66)81)76-58(91)42(29-47(65)80)75-55(88)39(16-17-46(64)79)71-56(89)41(27-34-7-2-1-3-8-34)74-57(90)40(73-53(37)86)28-35-12-14-36(15-13-35)98-49(82)11-6-20-94-21-22-95-23-24-96-25-26-97-61-52(85)51(84)50(83)45(31-78)99-61/h1-3,7-8,12-15,37-45,50-52,61,78,83-85H,4-6,9-11,16-33,63H2,(H2,64,79)(H2,65,80)(H2,66,81)(H,70,87)(H,71,89)(H,72,92)(H,73,86)(H,74,90)(H,75,88)(H,76,91)(H4,67,68,69)/t37-,38-,39-,40?,41-,42?,43-,44-,45+,50+,51-,52+,61+/m0/s1. The zero-order chi connectivity index (χ0) is 74.0. The average Bonchev–Trinajstić information content (AvgIpc) is 1.80. The van der Waals surface area contributed by atoms with Crippen molar-refractivity contribution in [2.24, 2.45) is 39.4 Å². The van der Waals surface area contributed by atoms with Crippen molar-refractivity contribution >= 4 is 98.5 Å². The highest BCUT2D eigenvalue weighted by Gasteiger charge is 2.45. The minimum Gasteiger partial charge on any atom is -0.427 e. The number of amides is 11. The van der Waals surface area contributed by atoms with E-state index in [0.29, 0.717) is 17.5 Å². The molecule has 37 nitrogen and oxygen atoms in total. The van der Waals surface area contributed by atoms with E-state index in [4.69, 9.17) is 62.8 Å². The number of aliphatic imine (C=N–C) groups is 1. The Morgan fingerprint density at radius 3 is 1.86 bits per heavy atom. The van der Waals surface area contributed by atoms with Crippen LogP contribution in [-0.2, 0) is 94.1 Å². The molecule has 2 aromatic rings. The van der Waals surface area contributed by atoms with Gasteiger partial charge in [0.05, 0.1) is 65.3 Å². The normalized spacial score (nSPS) is 24.4. The van der Waals surface area contributed by atoms with Crippen molar-refractivity contribution in [3.05, 3.63) is 65.7 Å². The summed E-state index contributed by atoms with van der Waals surface area (Å²) in [6.07, 6.45) is -8.45. The topological polar surface area (TPSA) is 597 Å². The molecule has 0 radical (unpaired) electrons. The van der Waals surface area contributed by atoms with Crippen LogP contribution in [0.3, 0.4) is 0 Å². The molecule has 3 saturated heterocycles. The van der Waals surface area contributed by atoms with Crippen LogP contribution in [0.2, 0.25) is 0 Å². The number of primary amides is 3. The van der Waals surface area contributed by atoms with Gasteiger partial charge in [-0.05, 0) is 61.8 Å². The van der Waals surface area contributed by atoms with Crippen LogP contribution in [0.1, 0.15) is 68.9 Å². The van der Waals surface area contributed by atoms with Gasteiger partial charge in [-0.1, -0.05) is 64.1 Å². The average molecular weight is 1460 g/mol. The number of nitrogens with two attached hydrogens (primary N) is 6. The third kappa shape index (κ3) is 29.6. The summed E-state index contributed by atoms with van der Waals surface area (Å²) in [4.78, 5) is 168. The molecule has 39 heteroatoms. The van der Waals surface area contributed by atoms with Crippen LogP contribution in [0.25, 0.3) is 0 Å². The fourth-order valence-corrected chi connectivity index (χ4v) is 12.6. The van der Waals surface area contributed by atoms with E-state index >= 15 is 0 Å². The van der Waals surface area contributed by atoms with Crippen molar-refractivity contribution < 1.29 is 106 Å². The molecule has 3 aliphatic heterocycles. The molecule has 2 aromatic carbocycles. The van der Waals surface area contributed by atoms with Crippen molar-refractivity contribution in [2.45, 2.75) is 150 Å². The Hall–Kier alpha value is -8.35. The number of benzene rings is 2. The Bertz CT molecular complexity index is 3110. The summed E-state index contributed by atoms with van der Waals surface area (Å²) < 4.78 is 32.6. The third-order valence-electron chi connectivity index (χ3n) is 15.6. The fraction of sp³-hybridized carbons (Fsp3) is 0.597. The summed E-state index contributed by atoms with van der Waals surface area (Å²) in [5, 5.41) is 57.0. The number of nitrogens with one attached hydrogen (secondary N) is 7. The lowest BCUT2D eigenvalue weighted by molar-refractivity contribution is -0.302. The number of guanidine groups is 1. The lowest BCUT2D eigenvalue weighted by Gasteiger charge is -2.39. The van der Waals surface area contributed by atoms with E-state index < -0.39 is 182 Å². The van der Waals surface area contributed by atoms with E-state index in [9.17, 15) is 78.0 Å². The second-order valence-corrected chi connectivity index (χ2v) is 26.1. The highest BCUT2D eigenvalue weighted by molar-refractivity contribution is 8.76. The maximum Gasteiger partial charge on any atom is 0.311 e. The zero-order valence-electron chi connectivity index (χ0n) is 55.5. The SMILES string of the molecule is NC(=O)CC[C@@H]1NC(=O)[C@H](Cc2ccccc2)NC(=O)C(Cc2ccc(OC(=O)CCCOCCOCCOCCO[C@@H]3O[C@H](CO)[C@@H](O)[C@H](O)[C@H]3O)cc2)NC(=O)[C@@H](N)CSSC[C@@H](C(=O)N2CCC[C@H]2C(=O)N[C@@H](CCCN=C(N)N)C(=O)NCC(N)=O)NC(=O)C(CC(N)=O)NC1=O. The van der Waals surface area contributed by atoms with E-state index in [0.717, 1.165) is 21.6 Å². The largest absolute Gasteiger partial charge is 0.427 e. The molecule has 2 unspecified atom stereocenters. The van der Waals surface area contributed by atoms with Crippen molar-refractivity contribution in [3.63, 3.8) is 0 Å². The number of aliphatic hydroxyl groups is 4. The van der Waals surface area contributed by atoms with Gasteiger partial charge in [-0.25, -0.2) is 0 Å². The van der Waals surface area contributed by atoms with Gasteiger partial charge in [-0.15, -0.1) is 0 Å². The van der Waals surface area contributed by atoms with Gasteiger partial charge in [-0.3, -0.25) is 62.5 Å². The number of likely N-dealkylation sites (tertiary alicyclic amines) is 1. The molecule has 560 valence electrons. The van der Waals surface area contributed by atoms with Gasteiger partial charge in [-0.2, -0.15) is 0 Å². The zero-order valence-corrected chi connectivity index (χ0v) is 57.1. The molecular weight excluding hydrogens is 1370 g/mol. The molecule has 3 aliphatic rings. The number of ether oxygens (including phenoxy) is 6. The summed E-state index contributed by atoms with van der Waals surface area (Å²) >= 11 is 0. The highest BCUT2D eigenvalue weighted by Crippen LogP contribution is 2.27. The molecule has 0 bridgehead atoms. The summed E-state index contributed by atoms with van der Waals surface area (Å²) in [6, 6.07) is 2.43. The smallest absolute Gasteiger partial charge is 0.311 e. The fourth-order valence-electron chi connectivity index (χ4n) is 10.3. The molecule has 0 saturated carbocycles. The lowest BCUT2D eigenvalue weighted by Crippen LogP contribution is -2.61. The van der Waals surface area contributed by atoms with Crippen molar-refractivity contribution in [1.82, 2.24) is 42.1 Å². The van der Waals surface area contributed by atoms with Gasteiger partial charge < -0.3 is 125 Å². The summed E-state index contributed by atoms with van der Waals surface area (Å²) in [5.74, 6) is -11.4. The maximum atomic E-state index is 14.8. The molecule has 0 spiro atoms.